The predicted molar refractivity (Wildman–Crippen MR) is 96.6 cm³/mol. The van der Waals surface area contributed by atoms with Crippen LogP contribution >= 0.6 is 0 Å². The molecule has 0 saturated carbocycles. The fraction of sp³-hybridized carbons (Fsp3) is 0.167. The molecule has 0 radical (unpaired) electrons. The van der Waals surface area contributed by atoms with Gasteiger partial charge in [-0.2, -0.15) is 9.65 Å². The largest absolute Gasteiger partial charge is 0.465 e. The van der Waals surface area contributed by atoms with E-state index in [4.69, 9.17) is 15.7 Å². The van der Waals surface area contributed by atoms with E-state index in [-0.39, 0.29) is 33.9 Å². The lowest BCUT2D eigenvalue weighted by molar-refractivity contribution is 0.254. The molecule has 4 rings (SSSR count). The Kier molecular flexibility index (Phi) is 4.41. The maximum Gasteiger partial charge on any atom is 0.282 e. The van der Waals surface area contributed by atoms with Gasteiger partial charge in [-0.1, -0.05) is 0 Å². The van der Waals surface area contributed by atoms with E-state index in [1.807, 2.05) is 6.07 Å². The standard InChI is InChI=1S/C18H13F2N7O/c19-13-8-25-17(15-11(13)3-9(5-21)6-23-15)26-10-4-12(16(20)24-7-10)14-1-2-28-18(22)27-14/h3-4,6-8,14H,1-2H2,(H2,22,27)(H,25,26)/t14-/m0/s1. The minimum Gasteiger partial charge on any atom is -0.465 e. The van der Waals surface area contributed by atoms with E-state index in [1.165, 1.54) is 24.5 Å². The molecule has 0 unspecified atom stereocenters. The Labute approximate surface area is 157 Å². The zero-order valence-corrected chi connectivity index (χ0v) is 14.4. The quantitative estimate of drug-likeness (QED) is 0.669. The summed E-state index contributed by atoms with van der Waals surface area (Å²) in [4.78, 5) is 16.0. The lowest BCUT2D eigenvalue weighted by atomic mass is 10.1. The molecule has 1 aliphatic rings. The maximum atomic E-state index is 14.2. The number of fused-ring (bicyclic) bond motifs is 1. The zero-order valence-electron chi connectivity index (χ0n) is 14.4. The van der Waals surface area contributed by atoms with Gasteiger partial charge in [0.1, 0.15) is 11.6 Å². The molecule has 10 heteroatoms. The first-order valence-corrected chi connectivity index (χ1v) is 8.28. The maximum absolute atomic E-state index is 14.2. The second-order valence-corrected chi connectivity index (χ2v) is 6.04. The number of nitriles is 1. The third kappa shape index (κ3) is 3.25. The topological polar surface area (TPSA) is 122 Å². The first-order chi connectivity index (χ1) is 13.5. The van der Waals surface area contributed by atoms with E-state index < -0.39 is 17.8 Å². The number of nitrogens with two attached hydrogens (primary N) is 1. The third-order valence-electron chi connectivity index (χ3n) is 4.22. The van der Waals surface area contributed by atoms with E-state index in [2.05, 4.69) is 25.3 Å². The summed E-state index contributed by atoms with van der Waals surface area (Å²) in [7, 11) is 0. The van der Waals surface area contributed by atoms with Crippen LogP contribution in [0.4, 0.5) is 20.3 Å². The molecular weight excluding hydrogens is 368 g/mol. The Balaban J connectivity index is 1.72. The average molecular weight is 381 g/mol. The van der Waals surface area contributed by atoms with Crippen molar-refractivity contribution in [1.29, 1.82) is 5.26 Å². The second-order valence-electron chi connectivity index (χ2n) is 6.04. The number of amidine groups is 1. The third-order valence-corrected chi connectivity index (χ3v) is 4.22. The fourth-order valence-electron chi connectivity index (χ4n) is 2.90. The van der Waals surface area contributed by atoms with Gasteiger partial charge < -0.3 is 15.8 Å². The Morgan fingerprint density at radius 1 is 1.18 bits per heavy atom. The highest BCUT2D eigenvalue weighted by Gasteiger charge is 2.21. The van der Waals surface area contributed by atoms with Crippen molar-refractivity contribution in [3.8, 4) is 6.07 Å². The monoisotopic (exact) mass is 381 g/mol. The Morgan fingerprint density at radius 3 is 2.82 bits per heavy atom. The summed E-state index contributed by atoms with van der Waals surface area (Å²) in [5.74, 6) is -1.02. The molecule has 3 N–H and O–H groups in total. The summed E-state index contributed by atoms with van der Waals surface area (Å²) in [5, 5.41) is 12.1. The molecule has 28 heavy (non-hydrogen) atoms. The molecule has 3 aromatic heterocycles. The molecule has 0 amide bonds. The van der Waals surface area contributed by atoms with Crippen LogP contribution in [0.2, 0.25) is 0 Å². The van der Waals surface area contributed by atoms with Crippen LogP contribution in [-0.4, -0.2) is 27.6 Å². The van der Waals surface area contributed by atoms with Crippen molar-refractivity contribution < 1.29 is 13.5 Å². The van der Waals surface area contributed by atoms with E-state index in [9.17, 15) is 8.78 Å². The smallest absolute Gasteiger partial charge is 0.282 e. The predicted octanol–water partition coefficient (Wildman–Crippen LogP) is 2.69. The Morgan fingerprint density at radius 2 is 2.04 bits per heavy atom. The van der Waals surface area contributed by atoms with Crippen LogP contribution in [0.25, 0.3) is 10.9 Å². The average Bonchev–Trinajstić information content (AvgIpc) is 2.71. The number of pyridine rings is 3. The molecule has 0 fully saturated rings. The summed E-state index contributed by atoms with van der Waals surface area (Å²) in [6.45, 7) is 0.326. The van der Waals surface area contributed by atoms with Crippen LogP contribution in [0.5, 0.6) is 0 Å². The summed E-state index contributed by atoms with van der Waals surface area (Å²) in [6.07, 6.45) is 4.09. The van der Waals surface area contributed by atoms with Crippen molar-refractivity contribution in [2.45, 2.75) is 12.5 Å². The Hall–Kier alpha value is -3.87. The summed E-state index contributed by atoms with van der Waals surface area (Å²) >= 11 is 0. The summed E-state index contributed by atoms with van der Waals surface area (Å²) in [5.41, 5.74) is 6.70. The number of rotatable bonds is 3. The molecule has 1 aliphatic heterocycles. The van der Waals surface area contributed by atoms with E-state index in [1.54, 1.807) is 0 Å². The van der Waals surface area contributed by atoms with Gasteiger partial charge in [-0.05, 0) is 12.1 Å². The summed E-state index contributed by atoms with van der Waals surface area (Å²) in [6, 6.07) is 4.32. The van der Waals surface area contributed by atoms with Crippen LogP contribution in [0.1, 0.15) is 23.6 Å². The molecule has 0 aliphatic carbocycles. The SMILES string of the molecule is N#Cc1cnc2c(Nc3cnc(F)c([C@@H]4CCOC(N)=N4)c3)ncc(F)c2c1. The number of nitrogens with zero attached hydrogens (tertiary/aromatic N) is 5. The van der Waals surface area contributed by atoms with Gasteiger partial charge in [0.15, 0.2) is 11.6 Å². The van der Waals surface area contributed by atoms with Crippen molar-refractivity contribution in [2.75, 3.05) is 11.9 Å². The van der Waals surface area contributed by atoms with Crippen LogP contribution in [-0.2, 0) is 4.74 Å². The highest BCUT2D eigenvalue weighted by atomic mass is 19.1. The highest BCUT2D eigenvalue weighted by molar-refractivity contribution is 5.90. The molecule has 0 bridgehead atoms. The molecule has 0 aromatic carbocycles. The molecule has 1 atom stereocenters. The van der Waals surface area contributed by atoms with Crippen molar-refractivity contribution >= 4 is 28.4 Å². The molecule has 0 saturated heterocycles. The lowest BCUT2D eigenvalue weighted by Gasteiger charge is -2.20. The van der Waals surface area contributed by atoms with Gasteiger partial charge in [0.25, 0.3) is 6.02 Å². The van der Waals surface area contributed by atoms with E-state index in [0.29, 0.717) is 18.7 Å². The molecular formula is C18H13F2N7O. The van der Waals surface area contributed by atoms with Crippen LogP contribution in [0.3, 0.4) is 0 Å². The van der Waals surface area contributed by atoms with Crippen LogP contribution in [0, 0.1) is 23.1 Å². The molecule has 0 spiro atoms. The second kappa shape index (κ2) is 7.03. The first-order valence-electron chi connectivity index (χ1n) is 8.28. The number of aliphatic imine (C=N–C) groups is 1. The lowest BCUT2D eigenvalue weighted by Crippen LogP contribution is -2.24. The van der Waals surface area contributed by atoms with Gasteiger partial charge >= 0.3 is 0 Å². The number of nitrogens with one attached hydrogen (secondary N) is 1. The van der Waals surface area contributed by atoms with Gasteiger partial charge in [0.05, 0.1) is 36.3 Å². The normalized spacial score (nSPS) is 16.2. The van der Waals surface area contributed by atoms with Gasteiger partial charge in [-0.25, -0.2) is 19.4 Å². The number of aromatic nitrogens is 3. The molecule has 3 aromatic rings. The van der Waals surface area contributed by atoms with Crippen LogP contribution in [0.15, 0.2) is 35.7 Å². The molecule has 140 valence electrons. The minimum atomic E-state index is -0.664. The van der Waals surface area contributed by atoms with E-state index in [0.717, 1.165) is 6.20 Å². The molecule has 8 nitrogen and oxygen atoms in total. The zero-order chi connectivity index (χ0) is 19.7. The van der Waals surface area contributed by atoms with Crippen molar-refractivity contribution in [3.63, 3.8) is 0 Å². The minimum absolute atomic E-state index is 0.00213. The van der Waals surface area contributed by atoms with Gasteiger partial charge in [-0.15, -0.1) is 0 Å². The van der Waals surface area contributed by atoms with Gasteiger partial charge in [-0.3, -0.25) is 4.98 Å². The van der Waals surface area contributed by atoms with Crippen molar-refractivity contribution in [2.24, 2.45) is 10.7 Å². The van der Waals surface area contributed by atoms with Gasteiger partial charge in [0.2, 0.25) is 5.95 Å². The van der Waals surface area contributed by atoms with Crippen molar-refractivity contribution in [3.05, 3.63) is 53.6 Å². The number of anilines is 2. The molecule has 4 heterocycles. The number of ether oxygens (including phenoxy) is 1. The summed E-state index contributed by atoms with van der Waals surface area (Å²) < 4.78 is 33.4. The van der Waals surface area contributed by atoms with E-state index >= 15 is 0 Å². The Bertz CT molecular complexity index is 1140. The fourth-order valence-corrected chi connectivity index (χ4v) is 2.90. The van der Waals surface area contributed by atoms with Crippen molar-refractivity contribution in [1.82, 2.24) is 15.0 Å². The number of hydrogen-bond donors (Lipinski definition) is 2. The van der Waals surface area contributed by atoms with Crippen LogP contribution < -0.4 is 11.1 Å². The first kappa shape index (κ1) is 17.5. The van der Waals surface area contributed by atoms with Gasteiger partial charge in [0, 0.05) is 23.6 Å². The highest BCUT2D eigenvalue weighted by Crippen LogP contribution is 2.30. The number of hydrogen-bond acceptors (Lipinski definition) is 8. The number of halogens is 2.